The predicted octanol–water partition coefficient (Wildman–Crippen LogP) is 2.69. The molecule has 2 aliphatic rings. The van der Waals surface area contributed by atoms with Gasteiger partial charge in [-0.05, 0) is 55.2 Å². The number of ether oxygens (including phenoxy) is 1. The molecule has 0 amide bonds. The van der Waals surface area contributed by atoms with Crippen molar-refractivity contribution in [3.63, 3.8) is 0 Å². The Labute approximate surface area is 121 Å². The molecule has 0 spiro atoms. The molecule has 2 saturated carbocycles. The lowest BCUT2D eigenvalue weighted by Gasteiger charge is -2.39. The lowest BCUT2D eigenvalue weighted by molar-refractivity contribution is 0.179. The average molecular weight is 275 g/mol. The Morgan fingerprint density at radius 1 is 1.30 bits per heavy atom. The zero-order chi connectivity index (χ0) is 13.9. The first-order valence-electron chi connectivity index (χ1n) is 7.81. The van der Waals surface area contributed by atoms with Gasteiger partial charge in [0.1, 0.15) is 5.75 Å². The van der Waals surface area contributed by atoms with Gasteiger partial charge in [0.2, 0.25) is 0 Å². The van der Waals surface area contributed by atoms with E-state index in [-0.39, 0.29) is 0 Å². The van der Waals surface area contributed by atoms with E-state index in [9.17, 15) is 5.11 Å². The highest BCUT2D eigenvalue weighted by molar-refractivity contribution is 5.32. The smallest absolute Gasteiger partial charge is 0.119 e. The van der Waals surface area contributed by atoms with Crippen LogP contribution in [-0.2, 0) is 0 Å². The largest absolute Gasteiger partial charge is 0.497 e. The van der Waals surface area contributed by atoms with Crippen molar-refractivity contribution in [2.45, 2.75) is 50.1 Å². The zero-order valence-electron chi connectivity index (χ0n) is 12.2. The average Bonchev–Trinajstić information content (AvgIpc) is 2.89. The van der Waals surface area contributed by atoms with E-state index in [2.05, 4.69) is 23.5 Å². The van der Waals surface area contributed by atoms with Gasteiger partial charge in [0.15, 0.2) is 0 Å². The van der Waals surface area contributed by atoms with Crippen molar-refractivity contribution in [1.82, 2.24) is 5.32 Å². The maximum atomic E-state index is 9.37. The second-order valence-corrected chi connectivity index (χ2v) is 6.29. The molecule has 2 aliphatic carbocycles. The molecule has 0 radical (unpaired) electrons. The van der Waals surface area contributed by atoms with Gasteiger partial charge in [0.05, 0.1) is 7.11 Å². The predicted molar refractivity (Wildman–Crippen MR) is 80.1 cm³/mol. The van der Waals surface area contributed by atoms with Crippen LogP contribution >= 0.6 is 0 Å². The van der Waals surface area contributed by atoms with E-state index in [1.54, 1.807) is 7.11 Å². The zero-order valence-corrected chi connectivity index (χ0v) is 12.2. The molecule has 20 heavy (non-hydrogen) atoms. The van der Waals surface area contributed by atoms with Gasteiger partial charge in [0.25, 0.3) is 0 Å². The van der Waals surface area contributed by atoms with E-state index in [4.69, 9.17) is 4.74 Å². The normalized spacial score (nSPS) is 32.9. The van der Waals surface area contributed by atoms with Gasteiger partial charge in [-0.1, -0.05) is 18.6 Å². The van der Waals surface area contributed by atoms with Crippen LogP contribution < -0.4 is 10.1 Å². The number of hydrogen-bond acceptors (Lipinski definition) is 3. The molecular formula is C17H25NO2. The molecule has 2 N–H and O–H groups in total. The van der Waals surface area contributed by atoms with Crippen molar-refractivity contribution in [2.24, 2.45) is 5.92 Å². The van der Waals surface area contributed by atoms with Crippen LogP contribution in [-0.4, -0.2) is 30.9 Å². The summed E-state index contributed by atoms with van der Waals surface area (Å²) in [4.78, 5) is 0. The first-order chi connectivity index (χ1) is 9.80. The lowest BCUT2D eigenvalue weighted by Crippen LogP contribution is -2.47. The van der Waals surface area contributed by atoms with Crippen molar-refractivity contribution in [2.75, 3.05) is 13.7 Å². The molecule has 2 unspecified atom stereocenters. The van der Waals surface area contributed by atoms with Crippen molar-refractivity contribution in [3.05, 3.63) is 29.8 Å². The molecule has 3 heteroatoms. The van der Waals surface area contributed by atoms with Gasteiger partial charge in [-0.2, -0.15) is 0 Å². The van der Waals surface area contributed by atoms with Gasteiger partial charge >= 0.3 is 0 Å². The standard InChI is InChI=1S/C17H25NO2/c1-20-16-6-2-4-12(10-16)14-8-15(9-14)18-17-7-3-5-13(17)11-19/h2,4,6,10,13-15,17-19H,3,5,7-9,11H2,1H3. The molecule has 0 saturated heterocycles. The summed E-state index contributed by atoms with van der Waals surface area (Å²) in [6, 6.07) is 9.61. The Morgan fingerprint density at radius 2 is 2.15 bits per heavy atom. The van der Waals surface area contributed by atoms with Crippen LogP contribution in [0.25, 0.3) is 0 Å². The van der Waals surface area contributed by atoms with Gasteiger partial charge in [-0.25, -0.2) is 0 Å². The van der Waals surface area contributed by atoms with Crippen LogP contribution in [0.1, 0.15) is 43.6 Å². The third-order valence-corrected chi connectivity index (χ3v) is 5.05. The molecule has 1 aromatic rings. The van der Waals surface area contributed by atoms with E-state index < -0.39 is 0 Å². The van der Waals surface area contributed by atoms with Gasteiger partial charge < -0.3 is 15.2 Å². The highest BCUT2D eigenvalue weighted by Crippen LogP contribution is 2.39. The third kappa shape index (κ3) is 2.84. The van der Waals surface area contributed by atoms with E-state index in [1.165, 1.54) is 37.7 Å². The van der Waals surface area contributed by atoms with Crippen LogP contribution in [0.15, 0.2) is 24.3 Å². The van der Waals surface area contributed by atoms with Crippen molar-refractivity contribution < 1.29 is 9.84 Å². The maximum absolute atomic E-state index is 9.37. The number of rotatable bonds is 5. The van der Waals surface area contributed by atoms with Crippen LogP contribution in [0.3, 0.4) is 0 Å². The van der Waals surface area contributed by atoms with Crippen molar-refractivity contribution >= 4 is 0 Å². The summed E-state index contributed by atoms with van der Waals surface area (Å²) in [5, 5.41) is 13.1. The summed E-state index contributed by atoms with van der Waals surface area (Å²) in [6.07, 6.45) is 6.09. The summed E-state index contributed by atoms with van der Waals surface area (Å²) >= 11 is 0. The minimum atomic E-state index is 0.337. The molecule has 2 fully saturated rings. The molecule has 0 heterocycles. The highest BCUT2D eigenvalue weighted by atomic mass is 16.5. The van der Waals surface area contributed by atoms with Crippen molar-refractivity contribution in [1.29, 1.82) is 0 Å². The van der Waals surface area contributed by atoms with E-state index >= 15 is 0 Å². The molecule has 0 aromatic heterocycles. The summed E-state index contributed by atoms with van der Waals surface area (Å²) < 4.78 is 5.29. The molecule has 110 valence electrons. The van der Waals surface area contributed by atoms with Gasteiger partial charge in [-0.3, -0.25) is 0 Å². The van der Waals surface area contributed by atoms with Crippen LogP contribution in [0.4, 0.5) is 0 Å². The first kappa shape index (κ1) is 13.9. The highest BCUT2D eigenvalue weighted by Gasteiger charge is 2.35. The number of nitrogens with one attached hydrogen (secondary N) is 1. The Hall–Kier alpha value is -1.06. The van der Waals surface area contributed by atoms with Crippen LogP contribution in [0, 0.1) is 5.92 Å². The first-order valence-corrected chi connectivity index (χ1v) is 7.81. The number of aliphatic hydroxyl groups is 1. The minimum Gasteiger partial charge on any atom is -0.497 e. The summed E-state index contributed by atoms with van der Waals surface area (Å²) in [5.74, 6) is 2.09. The molecule has 0 aliphatic heterocycles. The number of hydrogen-bond donors (Lipinski definition) is 2. The monoisotopic (exact) mass is 275 g/mol. The molecule has 0 bridgehead atoms. The van der Waals surface area contributed by atoms with E-state index in [1.807, 2.05) is 6.07 Å². The Morgan fingerprint density at radius 3 is 2.90 bits per heavy atom. The Balaban J connectivity index is 1.51. The summed E-state index contributed by atoms with van der Waals surface area (Å²) in [7, 11) is 1.72. The molecule has 1 aromatic carbocycles. The second-order valence-electron chi connectivity index (χ2n) is 6.29. The summed E-state index contributed by atoms with van der Waals surface area (Å²) in [6.45, 7) is 0.337. The molecule has 3 nitrogen and oxygen atoms in total. The molecule has 2 atom stereocenters. The lowest BCUT2D eigenvalue weighted by atomic mass is 9.75. The minimum absolute atomic E-state index is 0.337. The second kappa shape index (κ2) is 6.15. The van der Waals surface area contributed by atoms with Crippen LogP contribution in [0.2, 0.25) is 0 Å². The van der Waals surface area contributed by atoms with Gasteiger partial charge in [-0.15, -0.1) is 0 Å². The SMILES string of the molecule is COc1cccc(C2CC(NC3CCCC3CO)C2)c1. The molecular weight excluding hydrogens is 250 g/mol. The Bertz CT molecular complexity index is 442. The van der Waals surface area contributed by atoms with Gasteiger partial charge in [0, 0.05) is 18.7 Å². The Kier molecular flexibility index (Phi) is 4.27. The number of benzene rings is 1. The number of aliphatic hydroxyl groups excluding tert-OH is 1. The summed E-state index contributed by atoms with van der Waals surface area (Å²) in [5.41, 5.74) is 1.40. The van der Waals surface area contributed by atoms with E-state index in [0.29, 0.717) is 30.5 Å². The topological polar surface area (TPSA) is 41.5 Å². The third-order valence-electron chi connectivity index (χ3n) is 5.05. The van der Waals surface area contributed by atoms with E-state index in [0.717, 1.165) is 5.75 Å². The molecule has 3 rings (SSSR count). The maximum Gasteiger partial charge on any atom is 0.119 e. The fourth-order valence-electron chi connectivity index (χ4n) is 3.70. The number of methoxy groups -OCH3 is 1. The van der Waals surface area contributed by atoms with Crippen molar-refractivity contribution in [3.8, 4) is 5.75 Å². The fraction of sp³-hybridized carbons (Fsp3) is 0.647. The quantitative estimate of drug-likeness (QED) is 0.868. The van der Waals surface area contributed by atoms with Crippen LogP contribution in [0.5, 0.6) is 5.75 Å². The fourth-order valence-corrected chi connectivity index (χ4v) is 3.70.